The van der Waals surface area contributed by atoms with Gasteiger partial charge in [0.15, 0.2) is 0 Å². The van der Waals surface area contributed by atoms with Gasteiger partial charge in [0.05, 0.1) is 0 Å². The summed E-state index contributed by atoms with van der Waals surface area (Å²) in [5.41, 5.74) is 2.94. The van der Waals surface area contributed by atoms with E-state index in [1.165, 1.54) is 31.4 Å². The van der Waals surface area contributed by atoms with Gasteiger partial charge in [-0.25, -0.2) is 0 Å². The standard InChI is InChI=1S/C16H25N/c1-4-9-17-16-11-15(14(16)5-2)13-8-6-7-12(3)10-13/h6-8,10,14-17H,4-5,9,11H2,1-3H3. The molecule has 0 spiro atoms. The predicted molar refractivity (Wildman–Crippen MR) is 74.4 cm³/mol. The molecule has 0 heterocycles. The summed E-state index contributed by atoms with van der Waals surface area (Å²) >= 11 is 0. The van der Waals surface area contributed by atoms with E-state index in [9.17, 15) is 0 Å². The third-order valence-corrected chi connectivity index (χ3v) is 4.14. The minimum atomic E-state index is 0.755. The van der Waals surface area contributed by atoms with Crippen molar-refractivity contribution in [3.63, 3.8) is 0 Å². The molecule has 1 fully saturated rings. The molecule has 1 saturated carbocycles. The Morgan fingerprint density at radius 2 is 2.12 bits per heavy atom. The first-order valence-corrected chi connectivity index (χ1v) is 7.06. The molecule has 17 heavy (non-hydrogen) atoms. The van der Waals surface area contributed by atoms with Crippen molar-refractivity contribution in [2.75, 3.05) is 6.54 Å². The maximum atomic E-state index is 3.68. The minimum Gasteiger partial charge on any atom is -0.314 e. The van der Waals surface area contributed by atoms with Gasteiger partial charge in [0.25, 0.3) is 0 Å². The Hall–Kier alpha value is -0.820. The van der Waals surface area contributed by atoms with Gasteiger partial charge >= 0.3 is 0 Å². The number of hydrogen-bond acceptors (Lipinski definition) is 1. The Balaban J connectivity index is 2.00. The van der Waals surface area contributed by atoms with E-state index in [-0.39, 0.29) is 0 Å². The van der Waals surface area contributed by atoms with E-state index in [1.807, 2.05) is 0 Å². The molecule has 0 saturated heterocycles. The molecule has 1 aliphatic rings. The topological polar surface area (TPSA) is 12.0 Å². The monoisotopic (exact) mass is 231 g/mol. The van der Waals surface area contributed by atoms with Crippen LogP contribution < -0.4 is 5.32 Å². The van der Waals surface area contributed by atoms with Gasteiger partial charge in [0.2, 0.25) is 0 Å². The highest BCUT2D eigenvalue weighted by molar-refractivity contribution is 5.29. The highest BCUT2D eigenvalue weighted by atomic mass is 14.9. The number of benzene rings is 1. The lowest BCUT2D eigenvalue weighted by atomic mass is 9.65. The summed E-state index contributed by atoms with van der Waals surface area (Å²) in [6.45, 7) is 7.93. The highest BCUT2D eigenvalue weighted by Crippen LogP contribution is 2.44. The molecule has 1 aromatic carbocycles. The third kappa shape index (κ3) is 2.71. The quantitative estimate of drug-likeness (QED) is 0.811. The summed E-state index contributed by atoms with van der Waals surface area (Å²) < 4.78 is 0. The molecule has 0 amide bonds. The summed E-state index contributed by atoms with van der Waals surface area (Å²) in [5, 5.41) is 3.68. The SMILES string of the molecule is CCCNC1CC(c2cccc(C)c2)C1CC. The molecule has 1 aliphatic carbocycles. The molecule has 2 rings (SSSR count). The molecule has 1 aromatic rings. The molecule has 1 nitrogen and oxygen atoms in total. The molecular weight excluding hydrogens is 206 g/mol. The second-order valence-corrected chi connectivity index (χ2v) is 5.39. The molecule has 0 aliphatic heterocycles. The highest BCUT2D eigenvalue weighted by Gasteiger charge is 2.39. The van der Waals surface area contributed by atoms with Crippen molar-refractivity contribution >= 4 is 0 Å². The first kappa shape index (κ1) is 12.6. The third-order valence-electron chi connectivity index (χ3n) is 4.14. The van der Waals surface area contributed by atoms with Crippen molar-refractivity contribution in [2.24, 2.45) is 5.92 Å². The van der Waals surface area contributed by atoms with Gasteiger partial charge in [-0.1, -0.05) is 50.1 Å². The average Bonchev–Trinajstić information content (AvgIpc) is 2.28. The maximum absolute atomic E-state index is 3.68. The Bertz CT molecular complexity index is 358. The average molecular weight is 231 g/mol. The van der Waals surface area contributed by atoms with Gasteiger partial charge in [-0.2, -0.15) is 0 Å². The predicted octanol–water partition coefficient (Wildman–Crippen LogP) is 3.88. The summed E-state index contributed by atoms with van der Waals surface area (Å²) in [7, 11) is 0. The van der Waals surface area contributed by atoms with Crippen LogP contribution in [0.5, 0.6) is 0 Å². The van der Waals surface area contributed by atoms with E-state index in [0.29, 0.717) is 0 Å². The molecule has 1 heteroatoms. The number of hydrogen-bond donors (Lipinski definition) is 1. The molecule has 0 aromatic heterocycles. The van der Waals surface area contributed by atoms with Crippen LogP contribution in [-0.4, -0.2) is 12.6 Å². The lowest BCUT2D eigenvalue weighted by Gasteiger charge is -2.45. The summed E-state index contributed by atoms with van der Waals surface area (Å²) in [4.78, 5) is 0. The Labute approximate surface area is 106 Å². The van der Waals surface area contributed by atoms with Crippen molar-refractivity contribution in [2.45, 2.75) is 52.0 Å². The lowest BCUT2D eigenvalue weighted by Crippen LogP contribution is -2.49. The molecule has 0 bridgehead atoms. The molecule has 0 radical (unpaired) electrons. The van der Waals surface area contributed by atoms with Crippen molar-refractivity contribution in [1.82, 2.24) is 5.32 Å². The van der Waals surface area contributed by atoms with Gasteiger partial charge in [0, 0.05) is 6.04 Å². The Morgan fingerprint density at radius 3 is 2.76 bits per heavy atom. The summed E-state index contributed by atoms with van der Waals surface area (Å²) in [6.07, 6.45) is 3.85. The van der Waals surface area contributed by atoms with Gasteiger partial charge in [0.1, 0.15) is 0 Å². The zero-order chi connectivity index (χ0) is 12.3. The summed E-state index contributed by atoms with van der Waals surface area (Å²) in [6, 6.07) is 9.81. The minimum absolute atomic E-state index is 0.755. The maximum Gasteiger partial charge on any atom is 0.0107 e. The molecule has 3 unspecified atom stereocenters. The van der Waals surface area contributed by atoms with Crippen LogP contribution in [0.4, 0.5) is 0 Å². The van der Waals surface area contributed by atoms with E-state index >= 15 is 0 Å². The number of nitrogens with one attached hydrogen (secondary N) is 1. The van der Waals surface area contributed by atoms with Gasteiger partial charge in [-0.3, -0.25) is 0 Å². The largest absolute Gasteiger partial charge is 0.314 e. The normalized spacial score (nSPS) is 27.8. The van der Waals surface area contributed by atoms with Crippen LogP contribution in [0.2, 0.25) is 0 Å². The van der Waals surface area contributed by atoms with Crippen molar-refractivity contribution < 1.29 is 0 Å². The Morgan fingerprint density at radius 1 is 1.29 bits per heavy atom. The molecular formula is C16H25N. The van der Waals surface area contributed by atoms with Crippen LogP contribution in [0.25, 0.3) is 0 Å². The van der Waals surface area contributed by atoms with Crippen LogP contribution in [0.15, 0.2) is 24.3 Å². The van der Waals surface area contributed by atoms with Crippen LogP contribution in [0.1, 0.15) is 50.2 Å². The van der Waals surface area contributed by atoms with Gasteiger partial charge < -0.3 is 5.32 Å². The second kappa shape index (κ2) is 5.68. The molecule has 1 N–H and O–H groups in total. The van der Waals surface area contributed by atoms with Crippen LogP contribution in [0, 0.1) is 12.8 Å². The molecule has 94 valence electrons. The fraction of sp³-hybridized carbons (Fsp3) is 0.625. The lowest BCUT2D eigenvalue weighted by molar-refractivity contribution is 0.161. The van der Waals surface area contributed by atoms with Crippen LogP contribution in [-0.2, 0) is 0 Å². The molecule has 3 atom stereocenters. The van der Waals surface area contributed by atoms with E-state index in [4.69, 9.17) is 0 Å². The van der Waals surface area contributed by atoms with E-state index in [2.05, 4.69) is 50.4 Å². The fourth-order valence-corrected chi connectivity index (χ4v) is 3.13. The van der Waals surface area contributed by atoms with Gasteiger partial charge in [-0.05, 0) is 43.7 Å². The number of aryl methyl sites for hydroxylation is 1. The van der Waals surface area contributed by atoms with E-state index in [1.54, 1.807) is 5.56 Å². The van der Waals surface area contributed by atoms with Crippen molar-refractivity contribution in [3.8, 4) is 0 Å². The first-order valence-electron chi connectivity index (χ1n) is 7.06. The van der Waals surface area contributed by atoms with Crippen LogP contribution >= 0.6 is 0 Å². The first-order chi connectivity index (χ1) is 8.26. The van der Waals surface area contributed by atoms with E-state index < -0.39 is 0 Å². The fourth-order valence-electron chi connectivity index (χ4n) is 3.13. The smallest absolute Gasteiger partial charge is 0.0107 e. The number of rotatable bonds is 5. The summed E-state index contributed by atoms with van der Waals surface area (Å²) in [5.74, 6) is 1.62. The van der Waals surface area contributed by atoms with Gasteiger partial charge in [-0.15, -0.1) is 0 Å². The second-order valence-electron chi connectivity index (χ2n) is 5.39. The zero-order valence-corrected chi connectivity index (χ0v) is 11.4. The van der Waals surface area contributed by atoms with E-state index in [0.717, 1.165) is 17.9 Å². The van der Waals surface area contributed by atoms with Crippen molar-refractivity contribution in [3.05, 3.63) is 35.4 Å². The zero-order valence-electron chi connectivity index (χ0n) is 11.4. The van der Waals surface area contributed by atoms with Crippen molar-refractivity contribution in [1.29, 1.82) is 0 Å². The van der Waals surface area contributed by atoms with Crippen LogP contribution in [0.3, 0.4) is 0 Å². The Kier molecular flexibility index (Phi) is 4.22.